The first kappa shape index (κ1) is 20.9. The molecule has 0 amide bonds. The molecule has 5 atom stereocenters. The van der Waals surface area contributed by atoms with E-state index in [0.29, 0.717) is 5.56 Å². The topological polar surface area (TPSA) is 170 Å². The number of hydrogen-bond donors (Lipinski definition) is 6. The van der Waals surface area contributed by atoms with Crippen molar-refractivity contribution < 1.29 is 44.5 Å². The molecule has 2 heterocycles. The monoisotopic (exact) mass is 432 g/mol. The minimum atomic E-state index is -1.65. The summed E-state index contributed by atoms with van der Waals surface area (Å²) in [7, 11) is 0. The lowest BCUT2D eigenvalue weighted by Gasteiger charge is -2.38. The molecule has 2 aromatic carbocycles. The van der Waals surface area contributed by atoms with E-state index >= 15 is 0 Å². The van der Waals surface area contributed by atoms with Crippen LogP contribution in [0.2, 0.25) is 0 Å². The molecule has 10 heteroatoms. The van der Waals surface area contributed by atoms with Crippen LogP contribution < -0.4 is 10.2 Å². The van der Waals surface area contributed by atoms with E-state index < -0.39 is 41.9 Å². The van der Waals surface area contributed by atoms with Gasteiger partial charge in [-0.15, -0.1) is 0 Å². The Bertz CT molecular complexity index is 1170. The van der Waals surface area contributed by atoms with Crippen LogP contribution in [0.5, 0.6) is 23.0 Å². The van der Waals surface area contributed by atoms with Gasteiger partial charge in [0, 0.05) is 17.7 Å². The summed E-state index contributed by atoms with van der Waals surface area (Å²) in [5, 5.41) is 59.7. The van der Waals surface area contributed by atoms with Crippen LogP contribution in [0.3, 0.4) is 0 Å². The van der Waals surface area contributed by atoms with Crippen LogP contribution in [0.15, 0.2) is 45.6 Å². The molecular weight excluding hydrogens is 412 g/mol. The maximum absolute atomic E-state index is 12.9. The van der Waals surface area contributed by atoms with Crippen LogP contribution >= 0.6 is 0 Å². The third kappa shape index (κ3) is 3.66. The Hall–Kier alpha value is -3.31. The van der Waals surface area contributed by atoms with Gasteiger partial charge in [0.1, 0.15) is 46.5 Å². The molecule has 1 fully saturated rings. The molecular formula is C21H20O10. The standard InChI is InChI=1S/C21H20O10/c1-8-15(24)17(26)19(28)21(29-8)31-13-7-11(23)6-12-14(13)16(25)18(27)20(30-12)9-2-4-10(22)5-3-9/h2-8,15,17,19,21-24,26-28H,1H3/t8-,15-,17-,19-,21+/m0/s1. The fraction of sp³-hybridized carbons (Fsp3) is 0.286. The molecule has 1 aliphatic rings. The number of rotatable bonds is 3. The summed E-state index contributed by atoms with van der Waals surface area (Å²) in [5.74, 6) is -1.55. The normalized spacial score (nSPS) is 26.1. The van der Waals surface area contributed by atoms with Gasteiger partial charge in [-0.1, -0.05) is 0 Å². The molecule has 6 N–H and O–H groups in total. The first-order valence-electron chi connectivity index (χ1n) is 9.36. The molecule has 0 aliphatic carbocycles. The van der Waals surface area contributed by atoms with Crippen molar-refractivity contribution in [3.63, 3.8) is 0 Å². The number of phenols is 2. The van der Waals surface area contributed by atoms with E-state index in [1.807, 2.05) is 0 Å². The average molecular weight is 432 g/mol. The number of hydrogen-bond acceptors (Lipinski definition) is 10. The number of ether oxygens (including phenoxy) is 2. The Labute approximate surface area is 174 Å². The molecule has 3 aromatic rings. The van der Waals surface area contributed by atoms with Gasteiger partial charge < -0.3 is 44.5 Å². The van der Waals surface area contributed by atoms with E-state index in [1.165, 1.54) is 31.2 Å². The predicted molar refractivity (Wildman–Crippen MR) is 106 cm³/mol. The van der Waals surface area contributed by atoms with Gasteiger partial charge in [-0.2, -0.15) is 0 Å². The molecule has 1 saturated heterocycles. The van der Waals surface area contributed by atoms with Crippen molar-refractivity contribution in [3.8, 4) is 34.3 Å². The molecule has 0 spiro atoms. The fourth-order valence-electron chi connectivity index (χ4n) is 3.40. The van der Waals surface area contributed by atoms with E-state index in [0.717, 1.165) is 12.1 Å². The first-order chi connectivity index (χ1) is 14.7. The highest BCUT2D eigenvalue weighted by atomic mass is 16.7. The highest BCUT2D eigenvalue weighted by Crippen LogP contribution is 2.37. The summed E-state index contributed by atoms with van der Waals surface area (Å²) in [5.41, 5.74) is -0.699. The maximum Gasteiger partial charge on any atom is 0.238 e. The second-order valence-corrected chi connectivity index (χ2v) is 7.27. The lowest BCUT2D eigenvalue weighted by atomic mass is 10.00. The number of phenolic OH excluding ortho intramolecular Hbond substituents is 2. The minimum absolute atomic E-state index is 0.0210. The summed E-state index contributed by atoms with van der Waals surface area (Å²) in [6.07, 6.45) is -6.93. The molecule has 31 heavy (non-hydrogen) atoms. The zero-order valence-electron chi connectivity index (χ0n) is 16.2. The maximum atomic E-state index is 12.9. The van der Waals surface area contributed by atoms with Crippen molar-refractivity contribution in [2.75, 3.05) is 0 Å². The molecule has 0 radical (unpaired) electrons. The largest absolute Gasteiger partial charge is 0.508 e. The SMILES string of the molecule is C[C@@H]1O[C@H](Oc2cc(O)cc3oc(-c4ccc(O)cc4)c(O)c(=O)c23)[C@@H](O)[C@@H](O)[C@H]1O. The third-order valence-corrected chi connectivity index (χ3v) is 5.10. The van der Waals surface area contributed by atoms with Gasteiger partial charge in [-0.05, 0) is 31.2 Å². The van der Waals surface area contributed by atoms with Crippen molar-refractivity contribution in [1.82, 2.24) is 0 Å². The van der Waals surface area contributed by atoms with Crippen LogP contribution in [0.4, 0.5) is 0 Å². The Morgan fingerprint density at radius 1 is 0.903 bits per heavy atom. The van der Waals surface area contributed by atoms with Crippen LogP contribution in [-0.2, 0) is 4.74 Å². The fourth-order valence-corrected chi connectivity index (χ4v) is 3.40. The second kappa shape index (κ2) is 7.75. The summed E-state index contributed by atoms with van der Waals surface area (Å²) < 4.78 is 16.5. The van der Waals surface area contributed by atoms with E-state index in [4.69, 9.17) is 13.9 Å². The Balaban J connectivity index is 1.81. The van der Waals surface area contributed by atoms with Crippen LogP contribution in [-0.4, -0.2) is 61.3 Å². The number of benzene rings is 2. The van der Waals surface area contributed by atoms with Gasteiger partial charge in [0.15, 0.2) is 5.76 Å². The second-order valence-electron chi connectivity index (χ2n) is 7.27. The van der Waals surface area contributed by atoms with Gasteiger partial charge in [0.2, 0.25) is 17.5 Å². The molecule has 0 bridgehead atoms. The molecule has 1 aliphatic heterocycles. The van der Waals surface area contributed by atoms with Gasteiger partial charge in [0.05, 0.1) is 6.10 Å². The number of aliphatic hydroxyl groups is 3. The first-order valence-corrected chi connectivity index (χ1v) is 9.36. The zero-order valence-corrected chi connectivity index (χ0v) is 16.2. The smallest absolute Gasteiger partial charge is 0.238 e. The van der Waals surface area contributed by atoms with Crippen LogP contribution in [0.1, 0.15) is 6.92 Å². The van der Waals surface area contributed by atoms with Crippen molar-refractivity contribution in [1.29, 1.82) is 0 Å². The third-order valence-electron chi connectivity index (χ3n) is 5.10. The Kier molecular flexibility index (Phi) is 5.23. The van der Waals surface area contributed by atoms with Gasteiger partial charge in [0.25, 0.3) is 0 Å². The molecule has 4 rings (SSSR count). The molecule has 164 valence electrons. The molecule has 0 unspecified atom stereocenters. The summed E-state index contributed by atoms with van der Waals surface area (Å²) >= 11 is 0. The Morgan fingerprint density at radius 3 is 2.26 bits per heavy atom. The van der Waals surface area contributed by atoms with Gasteiger partial charge in [-0.25, -0.2) is 0 Å². The highest BCUT2D eigenvalue weighted by molar-refractivity contribution is 5.88. The Morgan fingerprint density at radius 2 is 1.58 bits per heavy atom. The molecule has 10 nitrogen and oxygen atoms in total. The van der Waals surface area contributed by atoms with Crippen molar-refractivity contribution in [2.24, 2.45) is 0 Å². The number of fused-ring (bicyclic) bond motifs is 1. The van der Waals surface area contributed by atoms with Crippen molar-refractivity contribution >= 4 is 11.0 Å². The quantitative estimate of drug-likeness (QED) is 0.348. The van der Waals surface area contributed by atoms with E-state index in [2.05, 4.69) is 0 Å². The van der Waals surface area contributed by atoms with Gasteiger partial charge in [-0.3, -0.25) is 4.79 Å². The summed E-state index contributed by atoms with van der Waals surface area (Å²) in [6.45, 7) is 1.46. The summed E-state index contributed by atoms with van der Waals surface area (Å²) in [6, 6.07) is 7.76. The van der Waals surface area contributed by atoms with Crippen LogP contribution in [0, 0.1) is 0 Å². The number of aromatic hydroxyl groups is 3. The lowest BCUT2D eigenvalue weighted by molar-refractivity contribution is -0.267. The van der Waals surface area contributed by atoms with E-state index in [-0.39, 0.29) is 34.0 Å². The number of aliphatic hydroxyl groups excluding tert-OH is 3. The van der Waals surface area contributed by atoms with Crippen LogP contribution in [0.25, 0.3) is 22.3 Å². The van der Waals surface area contributed by atoms with E-state index in [9.17, 15) is 35.4 Å². The summed E-state index contributed by atoms with van der Waals surface area (Å²) in [4.78, 5) is 12.9. The molecule has 0 saturated carbocycles. The van der Waals surface area contributed by atoms with E-state index in [1.54, 1.807) is 0 Å². The van der Waals surface area contributed by atoms with Crippen molar-refractivity contribution in [3.05, 3.63) is 46.6 Å². The predicted octanol–water partition coefficient (Wildman–Crippen LogP) is 0.783. The lowest BCUT2D eigenvalue weighted by Crippen LogP contribution is -2.58. The van der Waals surface area contributed by atoms with Crippen molar-refractivity contribution in [2.45, 2.75) is 37.6 Å². The average Bonchev–Trinajstić information content (AvgIpc) is 2.73. The molecule has 1 aromatic heterocycles. The zero-order chi connectivity index (χ0) is 22.4. The van der Waals surface area contributed by atoms with Gasteiger partial charge >= 0.3 is 0 Å². The minimum Gasteiger partial charge on any atom is -0.508 e. The highest BCUT2D eigenvalue weighted by Gasteiger charge is 2.43.